The zero-order valence-corrected chi connectivity index (χ0v) is 24.0. The van der Waals surface area contributed by atoms with Gasteiger partial charge in [-0.25, -0.2) is 4.79 Å². The van der Waals surface area contributed by atoms with Crippen LogP contribution in [0.4, 0.5) is 0 Å². The Balaban J connectivity index is 1.62. The summed E-state index contributed by atoms with van der Waals surface area (Å²) >= 11 is 0. The quantitative estimate of drug-likeness (QED) is 0.119. The lowest BCUT2D eigenvalue weighted by atomic mass is 10.1. The van der Waals surface area contributed by atoms with E-state index in [1.807, 2.05) is 32.0 Å². The first kappa shape index (κ1) is 31.9. The number of unbranched alkanes of at least 4 members (excludes halogenated alkanes) is 3. The van der Waals surface area contributed by atoms with Crippen molar-refractivity contribution in [2.24, 2.45) is 5.92 Å². The van der Waals surface area contributed by atoms with Gasteiger partial charge in [-0.05, 0) is 88.2 Å². The number of carbonyl (C=O) groups excluding carboxylic acids is 2. The number of nitrogens with one attached hydrogen (secondary N) is 2. The van der Waals surface area contributed by atoms with E-state index in [1.54, 1.807) is 30.3 Å². The SMILES string of the molecule is CC(C)/C=C/CCCCC(=O)NCc1ccc(O)c(OCCCCNC(C)(C)COC(=O)c2ccccc2)c1. The van der Waals surface area contributed by atoms with Crippen molar-refractivity contribution in [2.45, 2.75) is 78.3 Å². The Morgan fingerprint density at radius 3 is 2.54 bits per heavy atom. The molecule has 1 amide bonds. The average molecular weight is 539 g/mol. The second-order valence-corrected chi connectivity index (χ2v) is 10.8. The molecular weight excluding hydrogens is 492 g/mol. The van der Waals surface area contributed by atoms with Crippen molar-refractivity contribution in [3.8, 4) is 11.5 Å². The molecule has 3 N–H and O–H groups in total. The molecule has 0 heterocycles. The molecule has 2 rings (SSSR count). The number of phenolic OH excluding ortho intramolecular Hbond substituents is 1. The standard InChI is InChI=1S/C32H46N2O5/c1-25(2)14-8-5-6-11-17-30(36)33-23-26-18-19-28(35)29(22-26)38-21-13-12-20-34-32(3,4)24-39-31(37)27-15-9-7-10-16-27/h7-10,14-16,18-19,22,25,34-35H,5-6,11-13,17,20-21,23-24H2,1-4H3,(H,33,36)/b14-8+. The van der Waals surface area contributed by atoms with Gasteiger partial charge in [0.05, 0.1) is 12.2 Å². The van der Waals surface area contributed by atoms with Crippen LogP contribution in [-0.4, -0.2) is 42.3 Å². The molecule has 0 aliphatic rings. The molecule has 214 valence electrons. The fraction of sp³-hybridized carbons (Fsp3) is 0.500. The summed E-state index contributed by atoms with van der Waals surface area (Å²) in [7, 11) is 0. The Morgan fingerprint density at radius 2 is 1.79 bits per heavy atom. The van der Waals surface area contributed by atoms with Gasteiger partial charge in [0.15, 0.2) is 11.5 Å². The summed E-state index contributed by atoms with van der Waals surface area (Å²) in [5, 5.41) is 16.5. The maximum atomic E-state index is 12.2. The Hall–Kier alpha value is -3.32. The van der Waals surface area contributed by atoms with Crippen LogP contribution in [0.3, 0.4) is 0 Å². The molecule has 2 aromatic carbocycles. The van der Waals surface area contributed by atoms with Crippen LogP contribution in [-0.2, 0) is 16.1 Å². The second kappa shape index (κ2) is 17.3. The molecular formula is C32H46N2O5. The highest BCUT2D eigenvalue weighted by Gasteiger charge is 2.19. The summed E-state index contributed by atoms with van der Waals surface area (Å²) in [6.07, 6.45) is 9.41. The van der Waals surface area contributed by atoms with Crippen molar-refractivity contribution >= 4 is 11.9 Å². The first-order valence-corrected chi connectivity index (χ1v) is 14.0. The molecule has 0 unspecified atom stereocenters. The van der Waals surface area contributed by atoms with Gasteiger partial charge < -0.3 is 25.2 Å². The van der Waals surface area contributed by atoms with E-state index in [1.165, 1.54) is 0 Å². The molecule has 0 aliphatic carbocycles. The third-order valence-electron chi connectivity index (χ3n) is 6.07. The largest absolute Gasteiger partial charge is 0.504 e. The highest BCUT2D eigenvalue weighted by Crippen LogP contribution is 2.27. The van der Waals surface area contributed by atoms with Crippen molar-refractivity contribution in [2.75, 3.05) is 19.8 Å². The second-order valence-electron chi connectivity index (χ2n) is 10.8. The van der Waals surface area contributed by atoms with Crippen LogP contribution < -0.4 is 15.4 Å². The number of hydrogen-bond donors (Lipinski definition) is 3. The number of rotatable bonds is 18. The zero-order chi connectivity index (χ0) is 28.5. The monoisotopic (exact) mass is 538 g/mol. The van der Waals surface area contributed by atoms with Crippen molar-refractivity contribution in [1.29, 1.82) is 0 Å². The minimum atomic E-state index is -0.354. The van der Waals surface area contributed by atoms with Gasteiger partial charge in [-0.15, -0.1) is 0 Å². The Morgan fingerprint density at radius 1 is 1.03 bits per heavy atom. The predicted molar refractivity (Wildman–Crippen MR) is 156 cm³/mol. The van der Waals surface area contributed by atoms with Crippen LogP contribution in [0.2, 0.25) is 0 Å². The Kier molecular flexibility index (Phi) is 14.2. The molecule has 0 fully saturated rings. The van der Waals surface area contributed by atoms with E-state index in [-0.39, 0.29) is 29.8 Å². The Bertz CT molecular complexity index is 1030. The van der Waals surface area contributed by atoms with Gasteiger partial charge >= 0.3 is 5.97 Å². The lowest BCUT2D eigenvalue weighted by molar-refractivity contribution is -0.121. The number of benzene rings is 2. The van der Waals surface area contributed by atoms with Crippen molar-refractivity contribution in [3.63, 3.8) is 0 Å². The van der Waals surface area contributed by atoms with Gasteiger partial charge in [0, 0.05) is 18.5 Å². The van der Waals surface area contributed by atoms with E-state index in [4.69, 9.17) is 9.47 Å². The molecule has 0 aromatic heterocycles. The maximum absolute atomic E-state index is 12.2. The highest BCUT2D eigenvalue weighted by atomic mass is 16.5. The van der Waals surface area contributed by atoms with Crippen LogP contribution in [0.15, 0.2) is 60.7 Å². The minimum Gasteiger partial charge on any atom is -0.504 e. The topological polar surface area (TPSA) is 96.9 Å². The third kappa shape index (κ3) is 13.9. The summed E-state index contributed by atoms with van der Waals surface area (Å²) in [6, 6.07) is 14.1. The fourth-order valence-corrected chi connectivity index (χ4v) is 3.78. The van der Waals surface area contributed by atoms with E-state index in [0.717, 1.165) is 44.2 Å². The van der Waals surface area contributed by atoms with Gasteiger partial charge in [0.2, 0.25) is 5.91 Å². The van der Waals surface area contributed by atoms with Crippen LogP contribution in [0.25, 0.3) is 0 Å². The van der Waals surface area contributed by atoms with Crippen molar-refractivity contribution < 1.29 is 24.2 Å². The predicted octanol–water partition coefficient (Wildman–Crippen LogP) is 6.17. The Labute approximate surface area is 234 Å². The van der Waals surface area contributed by atoms with Gasteiger partial charge in [0.1, 0.15) is 6.61 Å². The maximum Gasteiger partial charge on any atom is 0.338 e. The highest BCUT2D eigenvalue weighted by molar-refractivity contribution is 5.89. The van der Waals surface area contributed by atoms with Crippen molar-refractivity contribution in [3.05, 3.63) is 71.8 Å². The van der Waals surface area contributed by atoms with Gasteiger partial charge in [-0.3, -0.25) is 4.79 Å². The molecule has 0 atom stereocenters. The van der Waals surface area contributed by atoms with E-state index in [0.29, 0.717) is 36.8 Å². The summed E-state index contributed by atoms with van der Waals surface area (Å²) in [4.78, 5) is 24.3. The molecule has 0 saturated carbocycles. The zero-order valence-electron chi connectivity index (χ0n) is 24.0. The number of hydrogen-bond acceptors (Lipinski definition) is 6. The number of allylic oxidation sites excluding steroid dienone is 2. The normalized spacial score (nSPS) is 11.6. The summed E-state index contributed by atoms with van der Waals surface area (Å²) < 4.78 is 11.2. The van der Waals surface area contributed by atoms with Crippen LogP contribution >= 0.6 is 0 Å². The molecule has 0 saturated heterocycles. The lowest BCUT2D eigenvalue weighted by Gasteiger charge is -2.26. The lowest BCUT2D eigenvalue weighted by Crippen LogP contribution is -2.44. The molecule has 7 nitrogen and oxygen atoms in total. The molecule has 0 spiro atoms. The fourth-order valence-electron chi connectivity index (χ4n) is 3.78. The van der Waals surface area contributed by atoms with E-state index in [9.17, 15) is 14.7 Å². The van der Waals surface area contributed by atoms with Gasteiger partial charge in [-0.2, -0.15) is 0 Å². The van der Waals surface area contributed by atoms with Crippen molar-refractivity contribution in [1.82, 2.24) is 10.6 Å². The van der Waals surface area contributed by atoms with Crippen LogP contribution in [0, 0.1) is 5.92 Å². The first-order valence-electron chi connectivity index (χ1n) is 14.0. The number of aromatic hydroxyl groups is 1. The number of ether oxygens (including phenoxy) is 2. The number of esters is 1. The van der Waals surface area contributed by atoms with E-state index >= 15 is 0 Å². The van der Waals surface area contributed by atoms with E-state index < -0.39 is 0 Å². The summed E-state index contributed by atoms with van der Waals surface area (Å²) in [6.45, 7) is 10.2. The number of carbonyl (C=O) groups is 2. The summed E-state index contributed by atoms with van der Waals surface area (Å²) in [5.74, 6) is 0.764. The summed E-state index contributed by atoms with van der Waals surface area (Å²) in [5.41, 5.74) is 1.07. The van der Waals surface area contributed by atoms with E-state index in [2.05, 4.69) is 36.6 Å². The molecule has 2 aromatic rings. The molecule has 7 heteroatoms. The smallest absolute Gasteiger partial charge is 0.338 e. The molecule has 0 aliphatic heterocycles. The van der Waals surface area contributed by atoms with Gasteiger partial charge in [-0.1, -0.05) is 50.3 Å². The van der Waals surface area contributed by atoms with Gasteiger partial charge in [0.25, 0.3) is 0 Å². The molecule has 0 radical (unpaired) electrons. The molecule has 39 heavy (non-hydrogen) atoms. The third-order valence-corrected chi connectivity index (χ3v) is 6.07. The average Bonchev–Trinajstić information content (AvgIpc) is 2.91. The first-order chi connectivity index (χ1) is 18.7. The number of phenols is 1. The van der Waals surface area contributed by atoms with Crippen LogP contribution in [0.5, 0.6) is 11.5 Å². The number of amides is 1. The minimum absolute atomic E-state index is 0.0311. The van der Waals surface area contributed by atoms with Crippen LogP contribution in [0.1, 0.15) is 82.1 Å². The molecule has 0 bridgehead atoms.